The van der Waals surface area contributed by atoms with Crippen LogP contribution in [0.25, 0.3) is 0 Å². The maximum absolute atomic E-state index is 12.6. The molecule has 0 atom stereocenters. The molecule has 2 N–H and O–H groups in total. The number of hydrogen-bond acceptors (Lipinski definition) is 3. The van der Waals surface area contributed by atoms with Crippen molar-refractivity contribution in [2.75, 3.05) is 11.9 Å². The molecule has 0 aliphatic rings. The number of unbranched alkanes of at least 4 members (excludes halogenated alkanes) is 1. The molecule has 2 rings (SSSR count). The normalized spacial score (nSPS) is 10.3. The summed E-state index contributed by atoms with van der Waals surface area (Å²) in [5.74, 6) is 0.131. The lowest BCUT2D eigenvalue weighted by molar-refractivity contribution is 0.0973. The van der Waals surface area contributed by atoms with Crippen molar-refractivity contribution in [3.63, 3.8) is 0 Å². The summed E-state index contributed by atoms with van der Waals surface area (Å²) in [6, 6.07) is 10.2. The van der Waals surface area contributed by atoms with Gasteiger partial charge in [-0.25, -0.2) is 0 Å². The Bertz CT molecular complexity index is 818. The summed E-state index contributed by atoms with van der Waals surface area (Å²) in [6.07, 6.45) is 1.92. The quantitative estimate of drug-likeness (QED) is 0.393. The molecule has 2 aromatic carbocycles. The molecule has 0 heterocycles. The van der Waals surface area contributed by atoms with E-state index in [-0.39, 0.29) is 11.0 Å². The van der Waals surface area contributed by atoms with Crippen LogP contribution in [0.3, 0.4) is 0 Å². The molecule has 0 radical (unpaired) electrons. The lowest BCUT2D eigenvalue weighted by atomic mass is 10.2. The molecule has 0 unspecified atom stereocenters. The maximum atomic E-state index is 12.6. The lowest BCUT2D eigenvalue weighted by Gasteiger charge is -2.14. The number of amides is 1. The number of hydrogen-bond donors (Lipinski definition) is 2. The Morgan fingerprint density at radius 1 is 1.23 bits per heavy atom. The summed E-state index contributed by atoms with van der Waals surface area (Å²) < 4.78 is 6.47. The summed E-state index contributed by atoms with van der Waals surface area (Å²) in [5.41, 5.74) is 0.942. The van der Waals surface area contributed by atoms with Gasteiger partial charge in [-0.3, -0.25) is 10.1 Å². The molecule has 0 aromatic heterocycles. The summed E-state index contributed by atoms with van der Waals surface area (Å²) in [7, 11) is 0. The number of rotatable bonds is 6. The molecule has 1 amide bonds. The van der Waals surface area contributed by atoms with E-state index in [1.54, 1.807) is 30.3 Å². The van der Waals surface area contributed by atoms with Gasteiger partial charge in [0.1, 0.15) is 5.75 Å². The highest BCUT2D eigenvalue weighted by Crippen LogP contribution is 2.26. The molecular formula is C18H17BrCl2N2O2S. The second kappa shape index (κ2) is 10.1. The number of nitrogens with one attached hydrogen (secondary N) is 2. The van der Waals surface area contributed by atoms with Crippen LogP contribution in [0.2, 0.25) is 10.0 Å². The molecular weight excluding hydrogens is 459 g/mol. The Morgan fingerprint density at radius 2 is 2.00 bits per heavy atom. The number of thiocarbonyl (C=S) groups is 1. The number of anilines is 1. The topological polar surface area (TPSA) is 50.4 Å². The van der Waals surface area contributed by atoms with Crippen molar-refractivity contribution in [3.8, 4) is 5.75 Å². The van der Waals surface area contributed by atoms with E-state index in [4.69, 9.17) is 40.2 Å². The number of carbonyl (C=O) groups is 1. The van der Waals surface area contributed by atoms with Gasteiger partial charge in [0, 0.05) is 9.50 Å². The van der Waals surface area contributed by atoms with E-state index in [1.807, 2.05) is 6.07 Å². The number of carbonyl (C=O) groups excluding carboxylic acids is 1. The third-order valence-corrected chi connectivity index (χ3v) is 4.59. The summed E-state index contributed by atoms with van der Waals surface area (Å²) >= 11 is 20.5. The van der Waals surface area contributed by atoms with E-state index in [2.05, 4.69) is 33.5 Å². The van der Waals surface area contributed by atoms with Gasteiger partial charge in [0.05, 0.1) is 22.9 Å². The smallest absolute Gasteiger partial charge is 0.261 e. The fraction of sp³-hybridized carbons (Fsp3) is 0.222. The van der Waals surface area contributed by atoms with E-state index in [0.29, 0.717) is 33.7 Å². The molecule has 0 aliphatic carbocycles. The molecule has 138 valence electrons. The van der Waals surface area contributed by atoms with Crippen LogP contribution in [0.5, 0.6) is 5.75 Å². The van der Waals surface area contributed by atoms with E-state index in [0.717, 1.165) is 17.3 Å². The van der Waals surface area contributed by atoms with Gasteiger partial charge in [0.15, 0.2) is 5.11 Å². The van der Waals surface area contributed by atoms with E-state index in [1.165, 1.54) is 0 Å². The monoisotopic (exact) mass is 474 g/mol. The highest BCUT2D eigenvalue weighted by atomic mass is 79.9. The van der Waals surface area contributed by atoms with Crippen molar-refractivity contribution in [1.29, 1.82) is 0 Å². The zero-order chi connectivity index (χ0) is 19.1. The molecule has 0 spiro atoms. The van der Waals surface area contributed by atoms with Crippen LogP contribution in [0.15, 0.2) is 40.9 Å². The lowest BCUT2D eigenvalue weighted by Crippen LogP contribution is -2.34. The van der Waals surface area contributed by atoms with Gasteiger partial charge in [-0.15, -0.1) is 0 Å². The summed E-state index contributed by atoms with van der Waals surface area (Å²) in [5, 5.41) is 6.55. The van der Waals surface area contributed by atoms with Crippen LogP contribution in [-0.4, -0.2) is 17.6 Å². The van der Waals surface area contributed by atoms with Gasteiger partial charge in [-0.05, 0) is 55.0 Å². The number of benzene rings is 2. The first-order valence-corrected chi connectivity index (χ1v) is 9.86. The van der Waals surface area contributed by atoms with Crippen LogP contribution in [0, 0.1) is 0 Å². The van der Waals surface area contributed by atoms with Gasteiger partial charge in [0.25, 0.3) is 5.91 Å². The molecule has 26 heavy (non-hydrogen) atoms. The summed E-state index contributed by atoms with van der Waals surface area (Å²) in [4.78, 5) is 12.6. The zero-order valence-corrected chi connectivity index (χ0v) is 17.9. The highest BCUT2D eigenvalue weighted by molar-refractivity contribution is 9.10. The van der Waals surface area contributed by atoms with Crippen molar-refractivity contribution in [2.24, 2.45) is 0 Å². The number of halogens is 3. The standard InChI is InChI=1S/C18H17BrCl2N2O2S/c1-2-3-8-25-16-7-4-11(19)9-13(16)17(24)23-18(26)22-15-6-5-12(20)10-14(15)21/h4-7,9-10H,2-3,8H2,1H3,(H2,22,23,24,26). The molecule has 0 bridgehead atoms. The predicted octanol–water partition coefficient (Wildman–Crippen LogP) is 6.06. The van der Waals surface area contributed by atoms with Crippen LogP contribution in [-0.2, 0) is 0 Å². The zero-order valence-electron chi connectivity index (χ0n) is 13.9. The molecule has 0 aliphatic heterocycles. The minimum absolute atomic E-state index is 0.124. The molecule has 0 saturated carbocycles. The third-order valence-electron chi connectivity index (χ3n) is 3.35. The first-order chi connectivity index (χ1) is 12.4. The van der Waals surface area contributed by atoms with Crippen molar-refractivity contribution < 1.29 is 9.53 Å². The minimum atomic E-state index is -0.375. The molecule has 8 heteroatoms. The SMILES string of the molecule is CCCCOc1ccc(Br)cc1C(=O)NC(=S)Nc1ccc(Cl)cc1Cl. The average molecular weight is 476 g/mol. The Balaban J connectivity index is 2.08. The molecule has 0 saturated heterocycles. The van der Waals surface area contributed by atoms with E-state index >= 15 is 0 Å². The average Bonchev–Trinajstić information content (AvgIpc) is 2.58. The fourth-order valence-electron chi connectivity index (χ4n) is 2.05. The van der Waals surface area contributed by atoms with E-state index in [9.17, 15) is 4.79 Å². The molecule has 4 nitrogen and oxygen atoms in total. The first kappa shape index (κ1) is 21.0. The van der Waals surface area contributed by atoms with Gasteiger partial charge < -0.3 is 10.1 Å². The van der Waals surface area contributed by atoms with Gasteiger partial charge in [0.2, 0.25) is 0 Å². The Labute approximate surface area is 176 Å². The van der Waals surface area contributed by atoms with Crippen molar-refractivity contribution in [1.82, 2.24) is 5.32 Å². The van der Waals surface area contributed by atoms with E-state index < -0.39 is 0 Å². The van der Waals surface area contributed by atoms with Crippen molar-refractivity contribution in [3.05, 3.63) is 56.5 Å². The van der Waals surface area contributed by atoms with Gasteiger partial charge in [-0.2, -0.15) is 0 Å². The van der Waals surface area contributed by atoms with Crippen LogP contribution in [0.1, 0.15) is 30.1 Å². The minimum Gasteiger partial charge on any atom is -0.493 e. The van der Waals surface area contributed by atoms with Crippen molar-refractivity contribution in [2.45, 2.75) is 19.8 Å². The molecule has 0 fully saturated rings. The van der Waals surface area contributed by atoms with Crippen LogP contribution < -0.4 is 15.4 Å². The Morgan fingerprint density at radius 3 is 2.69 bits per heavy atom. The maximum Gasteiger partial charge on any atom is 0.261 e. The summed E-state index contributed by atoms with van der Waals surface area (Å²) in [6.45, 7) is 2.62. The first-order valence-electron chi connectivity index (χ1n) is 7.90. The Hall–Kier alpha value is -1.34. The second-order valence-corrected chi connectivity index (χ2v) is 7.54. The second-order valence-electron chi connectivity index (χ2n) is 5.37. The largest absolute Gasteiger partial charge is 0.493 e. The molecule has 2 aromatic rings. The van der Waals surface area contributed by atoms with Crippen LogP contribution >= 0.6 is 51.3 Å². The van der Waals surface area contributed by atoms with Gasteiger partial charge >= 0.3 is 0 Å². The van der Waals surface area contributed by atoms with Crippen molar-refractivity contribution >= 4 is 68.1 Å². The van der Waals surface area contributed by atoms with Gasteiger partial charge in [-0.1, -0.05) is 52.5 Å². The highest BCUT2D eigenvalue weighted by Gasteiger charge is 2.15. The fourth-order valence-corrected chi connectivity index (χ4v) is 3.07. The van der Waals surface area contributed by atoms with Crippen LogP contribution in [0.4, 0.5) is 5.69 Å². The Kier molecular flexibility index (Phi) is 8.15. The predicted molar refractivity (Wildman–Crippen MR) is 115 cm³/mol. The number of ether oxygens (including phenoxy) is 1. The third kappa shape index (κ3) is 6.13.